The van der Waals surface area contributed by atoms with Gasteiger partial charge in [0.2, 0.25) is 0 Å². The lowest BCUT2D eigenvalue weighted by Crippen LogP contribution is -2.15. The molecule has 2 heterocycles. The fourth-order valence-electron chi connectivity index (χ4n) is 4.16. The fourth-order valence-corrected chi connectivity index (χ4v) is 4.16. The Morgan fingerprint density at radius 1 is 1.06 bits per heavy atom. The van der Waals surface area contributed by atoms with E-state index in [9.17, 15) is 9.59 Å². The molecule has 1 aliphatic heterocycles. The third-order valence-corrected chi connectivity index (χ3v) is 6.07. The summed E-state index contributed by atoms with van der Waals surface area (Å²) in [6.07, 6.45) is 1.66. The molecule has 0 aliphatic carbocycles. The number of ether oxygens (including phenoxy) is 2. The van der Waals surface area contributed by atoms with Crippen molar-refractivity contribution in [1.82, 2.24) is 4.98 Å². The molecule has 0 saturated carbocycles. The van der Waals surface area contributed by atoms with Crippen molar-refractivity contribution in [3.05, 3.63) is 89.0 Å². The molecule has 1 N–H and O–H groups in total. The molecule has 1 unspecified atom stereocenters. The first kappa shape index (κ1) is 21.6. The molecule has 6 heteroatoms. The lowest BCUT2D eigenvalue weighted by molar-refractivity contribution is -0.109. The van der Waals surface area contributed by atoms with E-state index in [0.717, 1.165) is 33.9 Å². The summed E-state index contributed by atoms with van der Waals surface area (Å²) < 4.78 is 11.8. The maximum atomic E-state index is 12.7. The first-order valence-corrected chi connectivity index (χ1v) is 11.2. The Bertz CT molecular complexity index is 1400. The van der Waals surface area contributed by atoms with Crippen molar-refractivity contribution in [3.63, 3.8) is 0 Å². The molecular formula is C28H24N2O4. The van der Waals surface area contributed by atoms with Crippen LogP contribution in [0.4, 0.5) is 5.82 Å². The third kappa shape index (κ3) is 4.22. The zero-order valence-corrected chi connectivity index (χ0v) is 19.0. The third-order valence-electron chi connectivity index (χ3n) is 6.07. The van der Waals surface area contributed by atoms with E-state index < -0.39 is 0 Å². The Morgan fingerprint density at radius 3 is 2.68 bits per heavy atom. The maximum Gasteiger partial charge on any atom is 0.256 e. The Hall–Kier alpha value is -4.19. The van der Waals surface area contributed by atoms with Crippen molar-refractivity contribution >= 4 is 28.9 Å². The van der Waals surface area contributed by atoms with Gasteiger partial charge in [-0.15, -0.1) is 0 Å². The van der Waals surface area contributed by atoms with Crippen molar-refractivity contribution < 1.29 is 19.1 Å². The molecule has 1 aromatic heterocycles. The van der Waals surface area contributed by atoms with Crippen LogP contribution in [0.5, 0.6) is 17.2 Å². The molecule has 0 spiro atoms. The zero-order chi connectivity index (χ0) is 23.7. The predicted octanol–water partition coefficient (Wildman–Crippen LogP) is 5.96. The van der Waals surface area contributed by atoms with E-state index in [2.05, 4.69) is 10.3 Å². The van der Waals surface area contributed by atoms with Crippen LogP contribution >= 0.6 is 0 Å². The second-order valence-electron chi connectivity index (χ2n) is 8.46. The molecule has 6 nitrogen and oxygen atoms in total. The lowest BCUT2D eigenvalue weighted by Gasteiger charge is -2.23. The molecule has 34 heavy (non-hydrogen) atoms. The molecular weight excluding hydrogens is 428 g/mol. The zero-order valence-electron chi connectivity index (χ0n) is 19.0. The van der Waals surface area contributed by atoms with Crippen molar-refractivity contribution in [2.45, 2.75) is 26.2 Å². The number of fused-ring (bicyclic) bond motifs is 2. The minimum atomic E-state index is -0.245. The summed E-state index contributed by atoms with van der Waals surface area (Å²) in [5.41, 5.74) is 4.23. The number of aryl methyl sites for hydroxylation is 2. The van der Waals surface area contributed by atoms with Crippen LogP contribution in [-0.2, 0) is 4.79 Å². The van der Waals surface area contributed by atoms with Crippen LogP contribution < -0.4 is 14.8 Å². The van der Waals surface area contributed by atoms with Gasteiger partial charge in [-0.05, 0) is 73.9 Å². The number of para-hydroxylation sites is 1. The Morgan fingerprint density at radius 2 is 1.88 bits per heavy atom. The highest BCUT2D eigenvalue weighted by Crippen LogP contribution is 2.38. The summed E-state index contributed by atoms with van der Waals surface area (Å²) in [6, 6.07) is 20.4. The second-order valence-corrected chi connectivity index (χ2v) is 8.46. The normalized spacial score (nSPS) is 14.7. The van der Waals surface area contributed by atoms with Crippen LogP contribution in [0, 0.1) is 13.8 Å². The summed E-state index contributed by atoms with van der Waals surface area (Å²) in [5.74, 6) is 2.05. The van der Waals surface area contributed by atoms with Crippen LogP contribution in [0.2, 0.25) is 0 Å². The largest absolute Gasteiger partial charge is 0.493 e. The van der Waals surface area contributed by atoms with E-state index in [-0.39, 0.29) is 11.8 Å². The number of anilines is 1. The molecule has 0 radical (unpaired) electrons. The molecule has 170 valence electrons. The number of hydrogen-bond acceptors (Lipinski definition) is 5. The number of carbonyl (C=O) groups excluding carboxylic acids is 2. The van der Waals surface area contributed by atoms with Gasteiger partial charge in [-0.2, -0.15) is 0 Å². The first-order chi connectivity index (χ1) is 16.5. The summed E-state index contributed by atoms with van der Waals surface area (Å²) in [7, 11) is 0. The monoisotopic (exact) mass is 452 g/mol. The number of aldehydes is 1. The number of amides is 1. The minimum absolute atomic E-state index is 0.143. The minimum Gasteiger partial charge on any atom is -0.493 e. The molecule has 1 aliphatic rings. The van der Waals surface area contributed by atoms with E-state index in [1.807, 2.05) is 50.2 Å². The van der Waals surface area contributed by atoms with Crippen LogP contribution in [-0.4, -0.2) is 23.8 Å². The SMILES string of the molecule is Cc1cc2c(cc1Oc1ccc(C(=O)Nc3ccc4cccc(C)c4n3)cc1)OCCC2C=O. The number of rotatable bonds is 5. The molecule has 1 amide bonds. The van der Waals surface area contributed by atoms with E-state index in [0.29, 0.717) is 41.7 Å². The summed E-state index contributed by atoms with van der Waals surface area (Å²) in [6.45, 7) is 4.44. The van der Waals surface area contributed by atoms with E-state index in [4.69, 9.17) is 9.47 Å². The van der Waals surface area contributed by atoms with Gasteiger partial charge in [0.25, 0.3) is 5.91 Å². The van der Waals surface area contributed by atoms with E-state index in [1.165, 1.54) is 0 Å². The second kappa shape index (κ2) is 8.98. The van der Waals surface area contributed by atoms with Crippen LogP contribution in [0.3, 0.4) is 0 Å². The smallest absolute Gasteiger partial charge is 0.256 e. The Kier molecular flexibility index (Phi) is 5.72. The number of pyridine rings is 1. The topological polar surface area (TPSA) is 77.5 Å². The quantitative estimate of drug-likeness (QED) is 0.378. The van der Waals surface area contributed by atoms with Crippen LogP contribution in [0.15, 0.2) is 66.7 Å². The highest BCUT2D eigenvalue weighted by Gasteiger charge is 2.23. The van der Waals surface area contributed by atoms with Gasteiger partial charge in [0.1, 0.15) is 29.4 Å². The van der Waals surface area contributed by atoms with Crippen LogP contribution in [0.1, 0.15) is 39.4 Å². The van der Waals surface area contributed by atoms with Gasteiger partial charge < -0.3 is 19.6 Å². The van der Waals surface area contributed by atoms with Crippen molar-refractivity contribution in [3.8, 4) is 17.2 Å². The van der Waals surface area contributed by atoms with Gasteiger partial charge in [-0.1, -0.05) is 18.2 Å². The number of aromatic nitrogens is 1. The summed E-state index contributed by atoms with van der Waals surface area (Å²) in [5, 5.41) is 3.90. The molecule has 0 saturated heterocycles. The van der Waals surface area contributed by atoms with E-state index >= 15 is 0 Å². The predicted molar refractivity (Wildman–Crippen MR) is 131 cm³/mol. The van der Waals surface area contributed by atoms with Crippen molar-refractivity contribution in [2.75, 3.05) is 11.9 Å². The molecule has 4 aromatic rings. The van der Waals surface area contributed by atoms with Crippen molar-refractivity contribution in [1.29, 1.82) is 0 Å². The average molecular weight is 453 g/mol. The molecule has 1 atom stereocenters. The highest BCUT2D eigenvalue weighted by molar-refractivity contribution is 6.04. The standard InChI is InChI=1S/C28H24N2O4/c1-17-4-3-5-19-8-11-26(29-27(17)19)30-28(32)20-6-9-22(10-7-20)34-24-15-25-23(14-18(24)2)21(16-31)12-13-33-25/h3-11,14-16,21H,12-13H2,1-2H3,(H,29,30,32). The highest BCUT2D eigenvalue weighted by atomic mass is 16.5. The fraction of sp³-hybridized carbons (Fsp3) is 0.179. The number of hydrogen-bond donors (Lipinski definition) is 1. The molecule has 3 aromatic carbocycles. The molecule has 5 rings (SSSR count). The van der Waals surface area contributed by atoms with Gasteiger partial charge >= 0.3 is 0 Å². The van der Waals surface area contributed by atoms with Gasteiger partial charge in [-0.25, -0.2) is 4.98 Å². The van der Waals surface area contributed by atoms with Gasteiger partial charge in [-0.3, -0.25) is 4.79 Å². The summed E-state index contributed by atoms with van der Waals surface area (Å²) in [4.78, 5) is 28.7. The van der Waals surface area contributed by atoms with Gasteiger partial charge in [0.15, 0.2) is 0 Å². The van der Waals surface area contributed by atoms with Crippen LogP contribution in [0.25, 0.3) is 10.9 Å². The summed E-state index contributed by atoms with van der Waals surface area (Å²) >= 11 is 0. The molecule has 0 bridgehead atoms. The van der Waals surface area contributed by atoms with E-state index in [1.54, 1.807) is 30.3 Å². The molecule has 0 fully saturated rings. The average Bonchev–Trinajstić information content (AvgIpc) is 2.85. The van der Waals surface area contributed by atoms with Gasteiger partial charge in [0.05, 0.1) is 12.1 Å². The maximum absolute atomic E-state index is 12.7. The van der Waals surface area contributed by atoms with Crippen molar-refractivity contribution in [2.24, 2.45) is 0 Å². The first-order valence-electron chi connectivity index (χ1n) is 11.2. The Balaban J connectivity index is 1.31. The number of nitrogens with one attached hydrogen (secondary N) is 1. The van der Waals surface area contributed by atoms with Gasteiger partial charge in [0, 0.05) is 28.5 Å². The lowest BCUT2D eigenvalue weighted by atomic mass is 9.93. The number of nitrogens with zero attached hydrogens (tertiary/aromatic N) is 1. The number of carbonyl (C=O) groups is 2. The Labute approximate surface area is 197 Å². The number of benzene rings is 3.